The molecule has 0 aromatic carbocycles. The summed E-state index contributed by atoms with van der Waals surface area (Å²) in [5.74, 6) is 0. The first kappa shape index (κ1) is 10.9. The predicted octanol–water partition coefficient (Wildman–Crippen LogP) is 1.38. The average Bonchev–Trinajstić information content (AvgIpc) is 1.86. The van der Waals surface area contributed by atoms with Crippen molar-refractivity contribution in [1.29, 1.82) is 0 Å². The molecule has 1 unspecified atom stereocenters. The number of hydrogen-bond acceptors (Lipinski definition) is 2. The Balaban J connectivity index is 4.33. The first-order chi connectivity index (χ1) is 4.87. The third-order valence-corrected chi connectivity index (χ3v) is 2.86. The van der Waals surface area contributed by atoms with E-state index >= 15 is 0 Å². The summed E-state index contributed by atoms with van der Waals surface area (Å²) in [7, 11) is 0. The van der Waals surface area contributed by atoms with Crippen LogP contribution in [0, 0.1) is 10.8 Å². The van der Waals surface area contributed by atoms with Gasteiger partial charge in [-0.2, -0.15) is 0 Å². The van der Waals surface area contributed by atoms with Crippen molar-refractivity contribution in [3.63, 3.8) is 0 Å². The fourth-order valence-electron chi connectivity index (χ4n) is 1.01. The number of hydrogen-bond donors (Lipinski definition) is 2. The fourth-order valence-corrected chi connectivity index (χ4v) is 1.01. The lowest BCUT2D eigenvalue weighted by Crippen LogP contribution is -2.38. The maximum Gasteiger partial charge on any atom is 0.0490 e. The minimum atomic E-state index is -0.0399. The molecule has 2 nitrogen and oxygen atoms in total. The quantitative estimate of drug-likeness (QED) is 0.653. The highest BCUT2D eigenvalue weighted by Gasteiger charge is 2.35. The van der Waals surface area contributed by atoms with Gasteiger partial charge in [-0.1, -0.05) is 27.7 Å². The first-order valence-electron chi connectivity index (χ1n) is 4.18. The lowest BCUT2D eigenvalue weighted by Gasteiger charge is -2.40. The predicted molar refractivity (Wildman–Crippen MR) is 48.3 cm³/mol. The van der Waals surface area contributed by atoms with Crippen molar-refractivity contribution in [3.05, 3.63) is 0 Å². The van der Waals surface area contributed by atoms with Gasteiger partial charge in [0.2, 0.25) is 0 Å². The van der Waals surface area contributed by atoms with Gasteiger partial charge in [-0.25, -0.2) is 0 Å². The van der Waals surface area contributed by atoms with Crippen LogP contribution in [0.25, 0.3) is 0 Å². The van der Waals surface area contributed by atoms with E-state index in [-0.39, 0.29) is 17.4 Å². The molecule has 0 bridgehead atoms. The second kappa shape index (κ2) is 3.55. The molecule has 1 atom stereocenters. The second-order valence-corrected chi connectivity index (χ2v) is 4.51. The van der Waals surface area contributed by atoms with Gasteiger partial charge in [-0.15, -0.1) is 0 Å². The van der Waals surface area contributed by atoms with Gasteiger partial charge in [0, 0.05) is 6.61 Å². The highest BCUT2D eigenvalue weighted by molar-refractivity contribution is 4.85. The molecule has 0 aliphatic carbocycles. The van der Waals surface area contributed by atoms with Gasteiger partial charge in [-0.3, -0.25) is 0 Å². The Labute approximate surface area is 69.8 Å². The van der Waals surface area contributed by atoms with Crippen molar-refractivity contribution in [3.8, 4) is 0 Å². The van der Waals surface area contributed by atoms with Crippen LogP contribution in [0.2, 0.25) is 0 Å². The zero-order chi connectivity index (χ0) is 9.12. The van der Waals surface area contributed by atoms with Crippen LogP contribution in [0.5, 0.6) is 0 Å². The largest absolute Gasteiger partial charge is 0.396 e. The Hall–Kier alpha value is -0.0800. The summed E-state index contributed by atoms with van der Waals surface area (Å²) in [6.07, 6.45) is 0.882. The highest BCUT2D eigenvalue weighted by atomic mass is 16.3. The summed E-state index contributed by atoms with van der Waals surface area (Å²) in [5.41, 5.74) is 5.56. The van der Waals surface area contributed by atoms with E-state index < -0.39 is 0 Å². The Kier molecular flexibility index (Phi) is 3.52. The molecule has 0 spiro atoms. The first-order valence-corrected chi connectivity index (χ1v) is 4.18. The SMILES string of the molecule is CC(C)(C)C(C)(CO)CCN. The van der Waals surface area contributed by atoms with Crippen LogP contribution in [0.1, 0.15) is 34.1 Å². The average molecular weight is 159 g/mol. The van der Waals surface area contributed by atoms with Gasteiger partial charge in [0.1, 0.15) is 0 Å². The van der Waals surface area contributed by atoms with Gasteiger partial charge < -0.3 is 10.8 Å². The van der Waals surface area contributed by atoms with E-state index in [1.807, 2.05) is 0 Å². The van der Waals surface area contributed by atoms with Crippen molar-refractivity contribution in [1.82, 2.24) is 0 Å². The van der Waals surface area contributed by atoms with Crippen LogP contribution < -0.4 is 5.73 Å². The molecule has 0 saturated carbocycles. The number of aliphatic hydroxyl groups is 1. The molecule has 2 heteroatoms. The number of nitrogens with two attached hydrogens (primary N) is 1. The molecule has 0 aliphatic heterocycles. The van der Waals surface area contributed by atoms with E-state index in [9.17, 15) is 5.11 Å². The molecule has 3 N–H and O–H groups in total. The summed E-state index contributed by atoms with van der Waals surface area (Å²) >= 11 is 0. The summed E-state index contributed by atoms with van der Waals surface area (Å²) in [4.78, 5) is 0. The smallest absolute Gasteiger partial charge is 0.0490 e. The Morgan fingerprint density at radius 3 is 1.73 bits per heavy atom. The van der Waals surface area contributed by atoms with Crippen molar-refractivity contribution in [2.45, 2.75) is 34.1 Å². The molecule has 0 saturated heterocycles. The Morgan fingerprint density at radius 1 is 1.18 bits per heavy atom. The van der Waals surface area contributed by atoms with Crippen LogP contribution in [-0.2, 0) is 0 Å². The third-order valence-electron chi connectivity index (χ3n) is 2.86. The Bertz CT molecular complexity index is 117. The molecule has 0 radical (unpaired) electrons. The molecular weight excluding hydrogens is 138 g/mol. The second-order valence-electron chi connectivity index (χ2n) is 4.51. The van der Waals surface area contributed by atoms with Gasteiger partial charge >= 0.3 is 0 Å². The molecule has 0 heterocycles. The summed E-state index contributed by atoms with van der Waals surface area (Å²) in [5, 5.41) is 9.20. The van der Waals surface area contributed by atoms with Crippen molar-refractivity contribution in [2.75, 3.05) is 13.2 Å². The zero-order valence-electron chi connectivity index (χ0n) is 8.15. The summed E-state index contributed by atoms with van der Waals surface area (Å²) < 4.78 is 0. The van der Waals surface area contributed by atoms with Gasteiger partial charge in [-0.05, 0) is 23.8 Å². The monoisotopic (exact) mass is 159 g/mol. The van der Waals surface area contributed by atoms with E-state index in [4.69, 9.17) is 5.73 Å². The molecular formula is C9H21NO. The summed E-state index contributed by atoms with van der Waals surface area (Å²) in [6.45, 7) is 9.36. The van der Waals surface area contributed by atoms with Crippen LogP contribution in [0.3, 0.4) is 0 Å². The van der Waals surface area contributed by atoms with Crippen LogP contribution >= 0.6 is 0 Å². The summed E-state index contributed by atoms with van der Waals surface area (Å²) in [6, 6.07) is 0. The van der Waals surface area contributed by atoms with E-state index in [0.29, 0.717) is 6.54 Å². The number of rotatable bonds is 3. The van der Waals surface area contributed by atoms with Crippen molar-refractivity contribution < 1.29 is 5.11 Å². The van der Waals surface area contributed by atoms with Crippen molar-refractivity contribution >= 4 is 0 Å². The lowest BCUT2D eigenvalue weighted by molar-refractivity contribution is 0.0267. The molecule has 0 aromatic rings. The molecule has 0 amide bonds. The highest BCUT2D eigenvalue weighted by Crippen LogP contribution is 2.40. The zero-order valence-corrected chi connectivity index (χ0v) is 8.15. The molecule has 0 rings (SSSR count). The van der Waals surface area contributed by atoms with Gasteiger partial charge in [0.05, 0.1) is 0 Å². The molecule has 0 aliphatic rings. The normalized spacial score (nSPS) is 18.0. The Morgan fingerprint density at radius 2 is 1.64 bits per heavy atom. The van der Waals surface area contributed by atoms with E-state index in [1.54, 1.807) is 0 Å². The lowest BCUT2D eigenvalue weighted by atomic mass is 9.66. The molecule has 0 fully saturated rings. The standard InChI is InChI=1S/C9H21NO/c1-8(2,3)9(4,7-11)5-6-10/h11H,5-7,10H2,1-4H3. The molecule has 68 valence electrons. The molecule has 11 heavy (non-hydrogen) atoms. The third kappa shape index (κ3) is 2.46. The number of aliphatic hydroxyl groups excluding tert-OH is 1. The van der Waals surface area contributed by atoms with Crippen LogP contribution in [-0.4, -0.2) is 18.3 Å². The topological polar surface area (TPSA) is 46.2 Å². The van der Waals surface area contributed by atoms with Gasteiger partial charge in [0.25, 0.3) is 0 Å². The maximum atomic E-state index is 9.20. The van der Waals surface area contributed by atoms with Crippen LogP contribution in [0.15, 0.2) is 0 Å². The fraction of sp³-hybridized carbons (Fsp3) is 1.00. The van der Waals surface area contributed by atoms with Crippen LogP contribution in [0.4, 0.5) is 0 Å². The van der Waals surface area contributed by atoms with E-state index in [0.717, 1.165) is 6.42 Å². The minimum Gasteiger partial charge on any atom is -0.396 e. The maximum absolute atomic E-state index is 9.20. The van der Waals surface area contributed by atoms with E-state index in [1.165, 1.54) is 0 Å². The van der Waals surface area contributed by atoms with Gasteiger partial charge in [0.15, 0.2) is 0 Å². The molecule has 0 aromatic heterocycles. The van der Waals surface area contributed by atoms with Crippen molar-refractivity contribution in [2.24, 2.45) is 16.6 Å². The minimum absolute atomic E-state index is 0.0399. The van der Waals surface area contributed by atoms with E-state index in [2.05, 4.69) is 27.7 Å².